The number of amides is 1. The quantitative estimate of drug-likeness (QED) is 0.674. The molecule has 0 radical (unpaired) electrons. The molecule has 0 aliphatic rings. The topological polar surface area (TPSA) is 107 Å². The van der Waals surface area contributed by atoms with Crippen molar-refractivity contribution in [3.63, 3.8) is 0 Å². The molecule has 22 heavy (non-hydrogen) atoms. The Hall–Kier alpha value is -3.03. The molecule has 0 saturated heterocycles. The van der Waals surface area contributed by atoms with Crippen molar-refractivity contribution < 1.29 is 9.72 Å². The van der Waals surface area contributed by atoms with E-state index in [0.29, 0.717) is 12.2 Å². The summed E-state index contributed by atoms with van der Waals surface area (Å²) in [5.74, 6) is -0.611. The number of carbonyl (C=O) groups excluding carboxylic acids is 1. The number of rotatable bonds is 4. The van der Waals surface area contributed by atoms with Crippen LogP contribution in [0.2, 0.25) is 0 Å². The highest BCUT2D eigenvalue weighted by atomic mass is 16.6. The van der Waals surface area contributed by atoms with E-state index in [-0.39, 0.29) is 17.1 Å². The molecule has 0 atom stereocenters. The summed E-state index contributed by atoms with van der Waals surface area (Å²) < 4.78 is 1.23. The van der Waals surface area contributed by atoms with E-state index in [0.717, 1.165) is 0 Å². The number of carbonyl (C=O) groups is 1. The molecular weight excluding hydrogens is 288 g/mol. The standard InChI is InChI=1S/C14H14N4O4/c1-3-15-14(20)13-12(19)8-9(2)17(16-13)10-6-4-5-7-11(10)18(21)22/h4-8H,3H2,1-2H3,(H,15,20). The number of aromatic nitrogens is 2. The number of nitro benzene ring substituents is 1. The minimum atomic E-state index is -0.611. The zero-order chi connectivity index (χ0) is 16.3. The Morgan fingerprint density at radius 2 is 2.09 bits per heavy atom. The Bertz CT molecular complexity index is 798. The predicted molar refractivity (Wildman–Crippen MR) is 79.2 cm³/mol. The molecule has 0 fully saturated rings. The van der Waals surface area contributed by atoms with Gasteiger partial charge >= 0.3 is 0 Å². The molecule has 0 saturated carbocycles. The number of aryl methyl sites for hydroxylation is 1. The van der Waals surface area contributed by atoms with Crippen LogP contribution in [-0.2, 0) is 0 Å². The molecule has 114 valence electrons. The Morgan fingerprint density at radius 3 is 2.73 bits per heavy atom. The van der Waals surface area contributed by atoms with Crippen molar-refractivity contribution in [2.24, 2.45) is 0 Å². The van der Waals surface area contributed by atoms with E-state index in [2.05, 4.69) is 10.4 Å². The van der Waals surface area contributed by atoms with Gasteiger partial charge in [-0.25, -0.2) is 4.68 Å². The van der Waals surface area contributed by atoms with Crippen molar-refractivity contribution in [2.45, 2.75) is 13.8 Å². The monoisotopic (exact) mass is 302 g/mol. The number of hydrogen-bond donors (Lipinski definition) is 1. The largest absolute Gasteiger partial charge is 0.351 e. The molecule has 2 rings (SSSR count). The second kappa shape index (κ2) is 6.17. The van der Waals surface area contributed by atoms with Crippen LogP contribution in [0.3, 0.4) is 0 Å². The van der Waals surface area contributed by atoms with Crippen molar-refractivity contribution in [2.75, 3.05) is 6.54 Å². The third-order valence-corrected chi connectivity index (χ3v) is 2.97. The van der Waals surface area contributed by atoms with E-state index in [1.807, 2.05) is 0 Å². The first-order valence-corrected chi connectivity index (χ1v) is 6.58. The molecule has 1 amide bonds. The highest BCUT2D eigenvalue weighted by Gasteiger charge is 2.19. The summed E-state index contributed by atoms with van der Waals surface area (Å²) in [6.45, 7) is 3.65. The maximum atomic E-state index is 11.9. The summed E-state index contributed by atoms with van der Waals surface area (Å²) in [7, 11) is 0. The molecule has 0 aliphatic heterocycles. The lowest BCUT2D eigenvalue weighted by Crippen LogP contribution is -2.31. The van der Waals surface area contributed by atoms with Gasteiger partial charge in [0.25, 0.3) is 11.6 Å². The van der Waals surface area contributed by atoms with Crippen molar-refractivity contribution in [1.29, 1.82) is 0 Å². The molecule has 2 aromatic rings. The normalized spacial score (nSPS) is 10.3. The Kier molecular flexibility index (Phi) is 4.31. The van der Waals surface area contributed by atoms with Gasteiger partial charge in [-0.15, -0.1) is 0 Å². The third-order valence-electron chi connectivity index (χ3n) is 2.97. The molecule has 0 spiro atoms. The zero-order valence-electron chi connectivity index (χ0n) is 12.1. The first-order chi connectivity index (χ1) is 10.5. The van der Waals surface area contributed by atoms with E-state index in [1.54, 1.807) is 19.9 Å². The fraction of sp³-hybridized carbons (Fsp3) is 0.214. The van der Waals surface area contributed by atoms with Gasteiger partial charge in [0, 0.05) is 24.4 Å². The van der Waals surface area contributed by atoms with Gasteiger partial charge in [0.15, 0.2) is 5.69 Å². The lowest BCUT2D eigenvalue weighted by Gasteiger charge is -2.11. The summed E-state index contributed by atoms with van der Waals surface area (Å²) in [6, 6.07) is 7.22. The van der Waals surface area contributed by atoms with Crippen molar-refractivity contribution >= 4 is 11.6 Å². The zero-order valence-corrected chi connectivity index (χ0v) is 12.1. The van der Waals surface area contributed by atoms with Crippen LogP contribution in [-0.4, -0.2) is 27.2 Å². The maximum Gasteiger partial charge on any atom is 0.294 e. The molecular formula is C14H14N4O4. The fourth-order valence-electron chi connectivity index (χ4n) is 1.99. The summed E-state index contributed by atoms with van der Waals surface area (Å²) in [5.41, 5.74) is -0.407. The average Bonchev–Trinajstić information content (AvgIpc) is 2.47. The van der Waals surface area contributed by atoms with Crippen LogP contribution in [0.25, 0.3) is 5.69 Å². The molecule has 8 nitrogen and oxygen atoms in total. The van der Waals surface area contributed by atoms with Gasteiger partial charge in [-0.3, -0.25) is 19.7 Å². The van der Waals surface area contributed by atoms with Gasteiger partial charge in [0.05, 0.1) is 4.92 Å². The van der Waals surface area contributed by atoms with Crippen LogP contribution in [0, 0.1) is 17.0 Å². The average molecular weight is 302 g/mol. The second-order valence-corrected chi connectivity index (χ2v) is 4.52. The van der Waals surface area contributed by atoms with Crippen LogP contribution in [0.1, 0.15) is 23.1 Å². The molecule has 0 unspecified atom stereocenters. The minimum Gasteiger partial charge on any atom is -0.351 e. The minimum absolute atomic E-state index is 0.163. The van der Waals surface area contributed by atoms with Gasteiger partial charge in [-0.05, 0) is 19.9 Å². The molecule has 1 N–H and O–H groups in total. The van der Waals surface area contributed by atoms with Crippen molar-refractivity contribution in [3.05, 3.63) is 62.1 Å². The number of nitrogens with zero attached hydrogens (tertiary/aromatic N) is 3. The van der Waals surface area contributed by atoms with E-state index in [1.165, 1.54) is 28.9 Å². The molecule has 0 aliphatic carbocycles. The molecule has 8 heteroatoms. The SMILES string of the molecule is CCNC(=O)c1nn(-c2ccccc2[N+](=O)[O-])c(C)cc1=O. The fourth-order valence-corrected chi connectivity index (χ4v) is 1.99. The van der Waals surface area contributed by atoms with Crippen LogP contribution in [0.15, 0.2) is 35.1 Å². The van der Waals surface area contributed by atoms with E-state index < -0.39 is 16.3 Å². The Labute approximate surface area is 125 Å². The number of nitrogens with one attached hydrogen (secondary N) is 1. The van der Waals surface area contributed by atoms with Crippen LogP contribution in [0.5, 0.6) is 0 Å². The van der Waals surface area contributed by atoms with Gasteiger partial charge in [-0.1, -0.05) is 12.1 Å². The van der Waals surface area contributed by atoms with Crippen LogP contribution < -0.4 is 10.7 Å². The van der Waals surface area contributed by atoms with Crippen molar-refractivity contribution in [3.8, 4) is 5.69 Å². The smallest absolute Gasteiger partial charge is 0.294 e. The maximum absolute atomic E-state index is 11.9. The predicted octanol–water partition coefficient (Wildman–Crippen LogP) is 1.20. The number of para-hydroxylation sites is 2. The van der Waals surface area contributed by atoms with E-state index >= 15 is 0 Å². The highest BCUT2D eigenvalue weighted by Crippen LogP contribution is 2.22. The van der Waals surface area contributed by atoms with Gasteiger partial charge in [0.2, 0.25) is 5.43 Å². The molecule has 1 aromatic heterocycles. The van der Waals surface area contributed by atoms with E-state index in [4.69, 9.17) is 0 Å². The lowest BCUT2D eigenvalue weighted by molar-refractivity contribution is -0.384. The van der Waals surface area contributed by atoms with Gasteiger partial charge < -0.3 is 5.32 Å². The summed E-state index contributed by atoms with van der Waals surface area (Å²) in [6.07, 6.45) is 0. The molecule has 1 heterocycles. The van der Waals surface area contributed by atoms with Gasteiger partial charge in [0.1, 0.15) is 5.69 Å². The van der Waals surface area contributed by atoms with Crippen LogP contribution >= 0.6 is 0 Å². The lowest BCUT2D eigenvalue weighted by atomic mass is 10.2. The number of hydrogen-bond acceptors (Lipinski definition) is 5. The number of benzene rings is 1. The Morgan fingerprint density at radius 1 is 1.41 bits per heavy atom. The molecule has 1 aromatic carbocycles. The summed E-state index contributed by atoms with van der Waals surface area (Å²) in [4.78, 5) is 34.3. The highest BCUT2D eigenvalue weighted by molar-refractivity contribution is 5.92. The first kappa shape index (κ1) is 15.4. The van der Waals surface area contributed by atoms with Crippen molar-refractivity contribution in [1.82, 2.24) is 15.1 Å². The Balaban J connectivity index is 2.67. The molecule has 0 bridgehead atoms. The number of nitro groups is 1. The van der Waals surface area contributed by atoms with E-state index in [9.17, 15) is 19.7 Å². The van der Waals surface area contributed by atoms with Crippen LogP contribution in [0.4, 0.5) is 5.69 Å². The third kappa shape index (κ3) is 2.85. The summed E-state index contributed by atoms with van der Waals surface area (Å²) >= 11 is 0. The first-order valence-electron chi connectivity index (χ1n) is 6.58. The van der Waals surface area contributed by atoms with Gasteiger partial charge in [-0.2, -0.15) is 5.10 Å². The second-order valence-electron chi connectivity index (χ2n) is 4.52. The summed E-state index contributed by atoms with van der Waals surface area (Å²) in [5, 5.41) is 17.6.